The van der Waals surface area contributed by atoms with Gasteiger partial charge >= 0.3 is 17.9 Å². The Hall–Kier alpha value is -3.86. The number of esters is 3. The Bertz CT molecular complexity index is 1150. The highest BCUT2D eigenvalue weighted by Gasteiger charge is 2.18. The van der Waals surface area contributed by atoms with Gasteiger partial charge in [-0.05, 0) is 25.8 Å². The molecule has 2 aromatic carbocycles. The Balaban J connectivity index is 1.40. The molecule has 0 amide bonds. The van der Waals surface area contributed by atoms with Crippen LogP contribution < -0.4 is 0 Å². The zero-order valence-corrected chi connectivity index (χ0v) is 24.9. The Morgan fingerprint density at radius 1 is 0.581 bits per heavy atom. The van der Waals surface area contributed by atoms with Crippen molar-refractivity contribution in [2.75, 3.05) is 59.5 Å². The number of carbonyl (C=O) groups excluding carboxylic acids is 4. The topological polar surface area (TPSA) is 124 Å². The van der Waals surface area contributed by atoms with Gasteiger partial charge < -0.3 is 28.4 Å². The molecule has 10 nitrogen and oxygen atoms in total. The number of hydrogen-bond acceptors (Lipinski definition) is 10. The second kappa shape index (κ2) is 21.8. The molecule has 0 unspecified atom stereocenters. The Morgan fingerprint density at radius 3 is 1.77 bits per heavy atom. The number of ether oxygens (including phenoxy) is 6. The van der Waals surface area contributed by atoms with Gasteiger partial charge in [-0.1, -0.05) is 55.1 Å². The predicted octanol–water partition coefficient (Wildman–Crippen LogP) is 4.74. The number of benzene rings is 2. The van der Waals surface area contributed by atoms with Crippen LogP contribution in [0.1, 0.15) is 65.3 Å². The second-order valence-electron chi connectivity index (χ2n) is 9.51. The van der Waals surface area contributed by atoms with Crippen molar-refractivity contribution in [1.29, 1.82) is 0 Å². The maximum atomic E-state index is 12.8. The average Bonchev–Trinajstić information content (AvgIpc) is 3.02. The van der Waals surface area contributed by atoms with Crippen LogP contribution >= 0.6 is 0 Å². The van der Waals surface area contributed by atoms with E-state index in [1.54, 1.807) is 55.5 Å². The van der Waals surface area contributed by atoms with E-state index in [2.05, 4.69) is 6.58 Å². The molecule has 0 atom stereocenters. The van der Waals surface area contributed by atoms with Gasteiger partial charge in [0.1, 0.15) is 6.61 Å². The molecule has 0 bridgehead atoms. The first-order chi connectivity index (χ1) is 20.9. The van der Waals surface area contributed by atoms with Gasteiger partial charge in [-0.2, -0.15) is 0 Å². The zero-order chi connectivity index (χ0) is 31.1. The fourth-order valence-corrected chi connectivity index (χ4v) is 3.63. The highest BCUT2D eigenvalue weighted by Crippen LogP contribution is 2.16. The van der Waals surface area contributed by atoms with Crippen LogP contribution in [-0.2, 0) is 38.0 Å². The Kier molecular flexibility index (Phi) is 17.9. The first-order valence-corrected chi connectivity index (χ1v) is 14.5. The van der Waals surface area contributed by atoms with E-state index in [0.717, 1.165) is 0 Å². The molecule has 0 saturated carbocycles. The summed E-state index contributed by atoms with van der Waals surface area (Å²) in [5.74, 6) is -1.50. The monoisotopic (exact) mass is 598 g/mol. The molecule has 0 aliphatic rings. The standard InChI is InChI=1S/C33H42O10/c1-26(2)32(36)43-25-24-40-17-8-16-30(34)41-22-10-20-38-18-9-19-39-21-11-23-42-33(37)29-15-7-6-14-28(29)31(35)27-12-4-3-5-13-27/h3-7,12-15H,1,8-11,16-25H2,2H3. The lowest BCUT2D eigenvalue weighted by molar-refractivity contribution is -0.144. The number of carbonyl (C=O) groups is 4. The Morgan fingerprint density at radius 2 is 1.12 bits per heavy atom. The van der Waals surface area contributed by atoms with Crippen LogP contribution in [0, 0.1) is 0 Å². The summed E-state index contributed by atoms with van der Waals surface area (Å²) < 4.78 is 31.8. The molecular weight excluding hydrogens is 556 g/mol. The summed E-state index contributed by atoms with van der Waals surface area (Å²) >= 11 is 0. The molecule has 10 heteroatoms. The van der Waals surface area contributed by atoms with E-state index in [1.165, 1.54) is 0 Å². The molecular formula is C33H42O10. The Labute approximate surface area is 253 Å². The fraction of sp³-hybridized carbons (Fsp3) is 0.455. The molecule has 0 N–H and O–H groups in total. The number of hydrogen-bond donors (Lipinski definition) is 0. The van der Waals surface area contributed by atoms with Crippen LogP contribution in [0.2, 0.25) is 0 Å². The first-order valence-electron chi connectivity index (χ1n) is 14.5. The minimum absolute atomic E-state index is 0.149. The van der Waals surface area contributed by atoms with E-state index in [4.69, 9.17) is 28.4 Å². The van der Waals surface area contributed by atoms with Crippen molar-refractivity contribution in [3.8, 4) is 0 Å². The first kappa shape index (κ1) is 35.3. The van der Waals surface area contributed by atoms with E-state index in [0.29, 0.717) is 75.4 Å². The summed E-state index contributed by atoms with van der Waals surface area (Å²) in [6.45, 7) is 8.27. The van der Waals surface area contributed by atoms with E-state index in [9.17, 15) is 19.2 Å². The molecule has 234 valence electrons. The van der Waals surface area contributed by atoms with Crippen molar-refractivity contribution >= 4 is 23.7 Å². The maximum Gasteiger partial charge on any atom is 0.338 e. The number of ketones is 1. The smallest absolute Gasteiger partial charge is 0.338 e. The third-order valence-electron chi connectivity index (χ3n) is 5.85. The van der Waals surface area contributed by atoms with E-state index < -0.39 is 11.9 Å². The quantitative estimate of drug-likeness (QED) is 0.0583. The molecule has 2 aromatic rings. The summed E-state index contributed by atoms with van der Waals surface area (Å²) in [5.41, 5.74) is 1.40. The molecule has 43 heavy (non-hydrogen) atoms. The summed E-state index contributed by atoms with van der Waals surface area (Å²) in [6, 6.07) is 15.4. The highest BCUT2D eigenvalue weighted by molar-refractivity contribution is 6.14. The predicted molar refractivity (Wildman–Crippen MR) is 159 cm³/mol. The van der Waals surface area contributed by atoms with Crippen molar-refractivity contribution in [2.45, 2.75) is 39.0 Å². The summed E-state index contributed by atoms with van der Waals surface area (Å²) in [7, 11) is 0. The lowest BCUT2D eigenvalue weighted by Crippen LogP contribution is -2.14. The molecule has 0 saturated heterocycles. The molecule has 0 aliphatic carbocycles. The summed E-state index contributed by atoms with van der Waals surface area (Å²) in [4.78, 5) is 48.3. The van der Waals surface area contributed by atoms with Gasteiger partial charge in [0.15, 0.2) is 5.78 Å². The van der Waals surface area contributed by atoms with Crippen LogP contribution in [0.4, 0.5) is 0 Å². The van der Waals surface area contributed by atoms with Crippen LogP contribution in [-0.4, -0.2) is 83.2 Å². The lowest BCUT2D eigenvalue weighted by atomic mass is 9.98. The minimum atomic E-state index is -0.538. The van der Waals surface area contributed by atoms with Crippen molar-refractivity contribution in [3.05, 3.63) is 83.4 Å². The molecule has 2 rings (SSSR count). The van der Waals surface area contributed by atoms with Crippen LogP contribution in [0.15, 0.2) is 66.7 Å². The lowest BCUT2D eigenvalue weighted by Gasteiger charge is -2.10. The van der Waals surface area contributed by atoms with Crippen molar-refractivity contribution in [1.82, 2.24) is 0 Å². The van der Waals surface area contributed by atoms with Crippen LogP contribution in [0.25, 0.3) is 0 Å². The molecule has 0 aliphatic heterocycles. The van der Waals surface area contributed by atoms with Gasteiger partial charge in [-0.15, -0.1) is 0 Å². The molecule has 0 spiro atoms. The third-order valence-corrected chi connectivity index (χ3v) is 5.85. The largest absolute Gasteiger partial charge is 0.466 e. The van der Waals surface area contributed by atoms with Crippen molar-refractivity contribution < 1.29 is 47.6 Å². The number of rotatable bonds is 23. The normalized spacial score (nSPS) is 10.6. The van der Waals surface area contributed by atoms with Crippen molar-refractivity contribution in [2.24, 2.45) is 0 Å². The summed E-state index contributed by atoms with van der Waals surface area (Å²) in [5, 5.41) is 0. The second-order valence-corrected chi connectivity index (χ2v) is 9.51. The van der Waals surface area contributed by atoms with Gasteiger partial charge in [-0.3, -0.25) is 9.59 Å². The minimum Gasteiger partial charge on any atom is -0.466 e. The maximum absolute atomic E-state index is 12.8. The highest BCUT2D eigenvalue weighted by atomic mass is 16.6. The van der Waals surface area contributed by atoms with Crippen LogP contribution in [0.5, 0.6) is 0 Å². The van der Waals surface area contributed by atoms with Gasteiger partial charge in [-0.25, -0.2) is 9.59 Å². The SMILES string of the molecule is C=C(C)C(=O)OCCOCCCC(=O)OCCCOCCCOCCCOC(=O)c1ccccc1C(=O)c1ccccc1. The fourth-order valence-electron chi connectivity index (χ4n) is 3.63. The zero-order valence-electron chi connectivity index (χ0n) is 24.9. The van der Waals surface area contributed by atoms with Crippen LogP contribution in [0.3, 0.4) is 0 Å². The van der Waals surface area contributed by atoms with Gasteiger partial charge in [0.2, 0.25) is 0 Å². The molecule has 0 heterocycles. The van der Waals surface area contributed by atoms with Gasteiger partial charge in [0.05, 0.1) is 25.4 Å². The molecule has 0 radical (unpaired) electrons. The van der Waals surface area contributed by atoms with Gasteiger partial charge in [0, 0.05) is 69.0 Å². The van der Waals surface area contributed by atoms with Crippen molar-refractivity contribution in [3.63, 3.8) is 0 Å². The van der Waals surface area contributed by atoms with Gasteiger partial charge in [0.25, 0.3) is 0 Å². The molecule has 0 aromatic heterocycles. The van der Waals surface area contributed by atoms with E-state index in [1.807, 2.05) is 6.07 Å². The molecule has 0 fully saturated rings. The van der Waals surface area contributed by atoms with E-state index in [-0.39, 0.29) is 50.2 Å². The third kappa shape index (κ3) is 15.3. The van der Waals surface area contributed by atoms with E-state index >= 15 is 0 Å². The summed E-state index contributed by atoms with van der Waals surface area (Å²) in [6.07, 6.45) is 2.62. The average molecular weight is 599 g/mol.